The zero-order valence-electron chi connectivity index (χ0n) is 9.38. The highest BCUT2D eigenvalue weighted by molar-refractivity contribution is 5.79. The van der Waals surface area contributed by atoms with Gasteiger partial charge in [0.1, 0.15) is 0 Å². The quantitative estimate of drug-likeness (QED) is 0.674. The lowest BCUT2D eigenvalue weighted by Crippen LogP contribution is -2.44. The van der Waals surface area contributed by atoms with Gasteiger partial charge in [0.25, 0.3) is 0 Å². The van der Waals surface area contributed by atoms with Gasteiger partial charge in [-0.15, -0.1) is 12.3 Å². The fraction of sp³-hybridized carbons (Fsp3) is 0.750. The maximum Gasteiger partial charge on any atom is 0.224 e. The van der Waals surface area contributed by atoms with Crippen LogP contribution in [0.25, 0.3) is 0 Å². The molecule has 0 bridgehead atoms. The van der Waals surface area contributed by atoms with Crippen molar-refractivity contribution >= 4 is 5.91 Å². The Morgan fingerprint density at radius 3 is 3.07 bits per heavy atom. The van der Waals surface area contributed by atoms with Crippen LogP contribution in [0.1, 0.15) is 32.6 Å². The van der Waals surface area contributed by atoms with Gasteiger partial charge in [-0.05, 0) is 25.8 Å². The van der Waals surface area contributed by atoms with Crippen LogP contribution >= 0.6 is 0 Å². The molecule has 1 heterocycles. The molecule has 0 aromatic heterocycles. The normalized spacial score (nSPS) is 22.8. The minimum atomic E-state index is 0.130. The average molecular weight is 208 g/mol. The Balaban J connectivity index is 2.35. The van der Waals surface area contributed by atoms with Gasteiger partial charge in [-0.2, -0.15) is 0 Å². The van der Waals surface area contributed by atoms with Crippen LogP contribution in [0.4, 0.5) is 0 Å². The zero-order valence-corrected chi connectivity index (χ0v) is 9.38. The molecule has 0 radical (unpaired) electrons. The molecule has 0 aromatic carbocycles. The summed E-state index contributed by atoms with van der Waals surface area (Å²) in [5.74, 6) is 2.88. The minimum absolute atomic E-state index is 0.130. The second kappa shape index (κ2) is 6.47. The lowest BCUT2D eigenvalue weighted by molar-refractivity contribution is -0.126. The van der Waals surface area contributed by atoms with E-state index in [0.717, 1.165) is 32.4 Å². The molecule has 3 nitrogen and oxygen atoms in total. The molecular weight excluding hydrogens is 188 g/mol. The van der Waals surface area contributed by atoms with Crippen LogP contribution in [0, 0.1) is 18.3 Å². The van der Waals surface area contributed by atoms with Crippen LogP contribution in [-0.4, -0.2) is 25.0 Å². The molecule has 2 N–H and O–H groups in total. The van der Waals surface area contributed by atoms with E-state index in [1.807, 2.05) is 6.92 Å². The van der Waals surface area contributed by atoms with Crippen molar-refractivity contribution in [3.8, 4) is 12.3 Å². The second-order valence-electron chi connectivity index (χ2n) is 4.07. The smallest absolute Gasteiger partial charge is 0.224 e. The number of carbonyl (C=O) groups is 1. The largest absolute Gasteiger partial charge is 0.352 e. The number of nitrogens with one attached hydrogen (secondary N) is 2. The minimum Gasteiger partial charge on any atom is -0.352 e. The number of amides is 1. The Hall–Kier alpha value is -1.01. The maximum absolute atomic E-state index is 11.8. The highest BCUT2D eigenvalue weighted by Crippen LogP contribution is 2.10. The molecule has 0 aromatic rings. The van der Waals surface area contributed by atoms with Crippen molar-refractivity contribution in [1.82, 2.24) is 10.6 Å². The maximum atomic E-state index is 11.8. The molecule has 1 fully saturated rings. The molecule has 2 atom stereocenters. The predicted molar refractivity (Wildman–Crippen MR) is 61.3 cm³/mol. The molecular formula is C12H20N2O. The molecule has 1 amide bonds. The van der Waals surface area contributed by atoms with Gasteiger partial charge in [0.05, 0.1) is 5.92 Å². The van der Waals surface area contributed by atoms with Crippen molar-refractivity contribution in [2.24, 2.45) is 5.92 Å². The van der Waals surface area contributed by atoms with E-state index < -0.39 is 0 Å². The van der Waals surface area contributed by atoms with Gasteiger partial charge in [-0.3, -0.25) is 4.79 Å². The van der Waals surface area contributed by atoms with Crippen molar-refractivity contribution in [2.45, 2.75) is 38.6 Å². The molecule has 0 saturated carbocycles. The Bertz CT molecular complexity index is 238. The third-order valence-electron chi connectivity index (χ3n) is 2.87. The first-order valence-electron chi connectivity index (χ1n) is 5.72. The van der Waals surface area contributed by atoms with Gasteiger partial charge >= 0.3 is 0 Å². The van der Waals surface area contributed by atoms with E-state index in [4.69, 9.17) is 6.42 Å². The summed E-state index contributed by atoms with van der Waals surface area (Å²) in [6, 6.07) is 0.143. The van der Waals surface area contributed by atoms with E-state index >= 15 is 0 Å². The number of hydrogen-bond acceptors (Lipinski definition) is 2. The fourth-order valence-electron chi connectivity index (χ4n) is 1.83. The van der Waals surface area contributed by atoms with Gasteiger partial charge in [0.15, 0.2) is 0 Å². The lowest BCUT2D eigenvalue weighted by Gasteiger charge is -2.24. The van der Waals surface area contributed by atoms with Gasteiger partial charge in [0.2, 0.25) is 5.91 Å². The third kappa shape index (κ3) is 3.93. The summed E-state index contributed by atoms with van der Waals surface area (Å²) in [6.45, 7) is 3.88. The molecule has 3 heteroatoms. The number of carbonyl (C=O) groups excluding carboxylic acids is 1. The third-order valence-corrected chi connectivity index (χ3v) is 2.87. The van der Waals surface area contributed by atoms with Gasteiger partial charge in [0, 0.05) is 19.0 Å². The molecule has 1 saturated heterocycles. The summed E-state index contributed by atoms with van der Waals surface area (Å²) in [5.41, 5.74) is 0. The molecule has 1 aliphatic rings. The molecule has 84 valence electrons. The van der Waals surface area contributed by atoms with Crippen LogP contribution in [0.15, 0.2) is 0 Å². The number of hydrogen-bond donors (Lipinski definition) is 2. The molecule has 2 unspecified atom stereocenters. The van der Waals surface area contributed by atoms with Crippen molar-refractivity contribution in [1.29, 1.82) is 0 Å². The van der Waals surface area contributed by atoms with E-state index in [2.05, 4.69) is 16.6 Å². The van der Waals surface area contributed by atoms with Gasteiger partial charge < -0.3 is 10.6 Å². The lowest BCUT2D eigenvalue weighted by atomic mass is 9.98. The highest BCUT2D eigenvalue weighted by atomic mass is 16.1. The van der Waals surface area contributed by atoms with Crippen LogP contribution in [0.5, 0.6) is 0 Å². The van der Waals surface area contributed by atoms with Crippen LogP contribution in [-0.2, 0) is 4.79 Å². The monoisotopic (exact) mass is 208 g/mol. The molecule has 1 rings (SSSR count). The standard InChI is InChI=1S/C12H20N2O/c1-3-6-11(4-2)14-12(15)10-7-5-8-13-9-10/h1,10-11,13H,4-9H2,2H3,(H,14,15). The van der Waals surface area contributed by atoms with E-state index in [1.165, 1.54) is 0 Å². The Kier molecular flexibility index (Phi) is 5.20. The summed E-state index contributed by atoms with van der Waals surface area (Å²) in [7, 11) is 0. The van der Waals surface area contributed by atoms with Crippen molar-refractivity contribution in [3.63, 3.8) is 0 Å². The number of piperidine rings is 1. The van der Waals surface area contributed by atoms with Crippen molar-refractivity contribution < 1.29 is 4.79 Å². The first kappa shape index (κ1) is 12.1. The Morgan fingerprint density at radius 1 is 1.73 bits per heavy atom. The predicted octanol–water partition coefficient (Wildman–Crippen LogP) is 0.904. The van der Waals surface area contributed by atoms with Crippen LogP contribution in [0.2, 0.25) is 0 Å². The fourth-order valence-corrected chi connectivity index (χ4v) is 1.83. The van der Waals surface area contributed by atoms with Gasteiger partial charge in [-0.25, -0.2) is 0 Å². The van der Waals surface area contributed by atoms with Crippen LogP contribution in [0.3, 0.4) is 0 Å². The SMILES string of the molecule is C#CCC(CC)NC(=O)C1CCCNC1. The number of terminal acetylenes is 1. The Labute approximate surface area is 92.0 Å². The first-order valence-corrected chi connectivity index (χ1v) is 5.72. The van der Waals surface area contributed by atoms with E-state index in [9.17, 15) is 4.79 Å². The molecule has 1 aliphatic heterocycles. The van der Waals surface area contributed by atoms with E-state index in [-0.39, 0.29) is 17.9 Å². The molecule has 0 spiro atoms. The van der Waals surface area contributed by atoms with Crippen LogP contribution < -0.4 is 10.6 Å². The topological polar surface area (TPSA) is 41.1 Å². The Morgan fingerprint density at radius 2 is 2.53 bits per heavy atom. The highest BCUT2D eigenvalue weighted by Gasteiger charge is 2.22. The number of rotatable bonds is 4. The van der Waals surface area contributed by atoms with E-state index in [0.29, 0.717) is 6.42 Å². The summed E-state index contributed by atoms with van der Waals surface area (Å²) in [4.78, 5) is 11.8. The first-order chi connectivity index (χ1) is 7.27. The second-order valence-corrected chi connectivity index (χ2v) is 4.07. The molecule has 0 aliphatic carbocycles. The van der Waals surface area contributed by atoms with Gasteiger partial charge in [-0.1, -0.05) is 6.92 Å². The average Bonchev–Trinajstić information content (AvgIpc) is 2.29. The summed E-state index contributed by atoms with van der Waals surface area (Å²) >= 11 is 0. The summed E-state index contributed by atoms with van der Waals surface area (Å²) < 4.78 is 0. The summed E-state index contributed by atoms with van der Waals surface area (Å²) in [6.07, 6.45) is 8.85. The van der Waals surface area contributed by atoms with Crippen molar-refractivity contribution in [3.05, 3.63) is 0 Å². The van der Waals surface area contributed by atoms with Crippen molar-refractivity contribution in [2.75, 3.05) is 13.1 Å². The molecule has 15 heavy (non-hydrogen) atoms. The van der Waals surface area contributed by atoms with E-state index in [1.54, 1.807) is 0 Å². The zero-order chi connectivity index (χ0) is 11.1. The summed E-state index contributed by atoms with van der Waals surface area (Å²) in [5, 5.41) is 6.25.